The Morgan fingerprint density at radius 2 is 1.70 bits per heavy atom. The number of rotatable bonds is 9. The van der Waals surface area contributed by atoms with Crippen molar-refractivity contribution in [1.29, 1.82) is 0 Å². The van der Waals surface area contributed by atoms with E-state index < -0.39 is 60.1 Å². The number of hydrogen-bond acceptors (Lipinski definition) is 6. The number of aromatic nitrogens is 1. The van der Waals surface area contributed by atoms with Gasteiger partial charge in [-0.1, -0.05) is 53.5 Å². The summed E-state index contributed by atoms with van der Waals surface area (Å²) in [5, 5.41) is 21.0. The van der Waals surface area contributed by atoms with Crippen LogP contribution in [-0.4, -0.2) is 52.0 Å². The third-order valence-electron chi connectivity index (χ3n) is 6.07. The molecule has 0 bridgehead atoms. The van der Waals surface area contributed by atoms with Crippen LogP contribution in [0.5, 0.6) is 0 Å². The second-order valence-corrected chi connectivity index (χ2v) is 9.74. The van der Waals surface area contributed by atoms with Crippen LogP contribution in [0.4, 0.5) is 13.2 Å². The normalized spacial score (nSPS) is 13.0. The van der Waals surface area contributed by atoms with E-state index in [0.29, 0.717) is 5.56 Å². The van der Waals surface area contributed by atoms with E-state index in [4.69, 9.17) is 33.0 Å². The molecule has 3 N–H and O–H groups in total. The number of benzene rings is 2. The van der Waals surface area contributed by atoms with Gasteiger partial charge < -0.3 is 24.8 Å². The third-order valence-corrected chi connectivity index (χ3v) is 6.70. The molecule has 13 heteroatoms. The number of pyridine rings is 1. The molecule has 1 heterocycles. The van der Waals surface area contributed by atoms with Crippen molar-refractivity contribution in [2.45, 2.75) is 31.7 Å². The first-order valence-corrected chi connectivity index (χ1v) is 12.6. The number of hydrogen-bond donors (Lipinski definition) is 3. The van der Waals surface area contributed by atoms with Crippen LogP contribution in [0.2, 0.25) is 10.0 Å². The molecule has 1 unspecified atom stereocenters. The number of amides is 1. The van der Waals surface area contributed by atoms with Crippen LogP contribution in [0, 0.1) is 6.92 Å². The summed E-state index contributed by atoms with van der Waals surface area (Å²) < 4.78 is 47.4. The fourth-order valence-corrected chi connectivity index (χ4v) is 4.41. The van der Waals surface area contributed by atoms with Gasteiger partial charge in [0.1, 0.15) is 18.8 Å². The number of ether oxygens (including phenoxy) is 1. The van der Waals surface area contributed by atoms with Gasteiger partial charge in [0.05, 0.1) is 33.3 Å². The molecule has 0 aliphatic carbocycles. The fraction of sp³-hybridized carbons (Fsp3) is 0.296. The van der Waals surface area contributed by atoms with Gasteiger partial charge in [0.2, 0.25) is 0 Å². The zero-order valence-corrected chi connectivity index (χ0v) is 22.8. The number of aliphatic hydroxyl groups excluding tert-OH is 2. The molecule has 0 aliphatic heterocycles. The van der Waals surface area contributed by atoms with Gasteiger partial charge in [0.15, 0.2) is 0 Å². The number of nitrogens with one attached hydrogen (secondary N) is 1. The van der Waals surface area contributed by atoms with Crippen molar-refractivity contribution >= 4 is 35.1 Å². The van der Waals surface area contributed by atoms with Crippen LogP contribution in [-0.2, 0) is 29.2 Å². The number of esters is 1. The molecule has 8 nitrogen and oxygen atoms in total. The molecule has 2 aromatic carbocycles. The van der Waals surface area contributed by atoms with Crippen molar-refractivity contribution < 1.29 is 37.7 Å². The number of carbonyl (C=O) groups excluding carboxylic acids is 2. The Bertz CT molecular complexity index is 1440. The summed E-state index contributed by atoms with van der Waals surface area (Å²) in [6.07, 6.45) is -6.30. The summed E-state index contributed by atoms with van der Waals surface area (Å²) in [6, 6.07) is 9.37. The van der Waals surface area contributed by atoms with Gasteiger partial charge in [-0.3, -0.25) is 9.59 Å². The summed E-state index contributed by atoms with van der Waals surface area (Å²) in [5.41, 5.74) is -1.97. The van der Waals surface area contributed by atoms with Gasteiger partial charge in [-0.2, -0.15) is 13.2 Å². The lowest BCUT2D eigenvalue weighted by atomic mass is 9.97. The summed E-state index contributed by atoms with van der Waals surface area (Å²) in [6.45, 7) is 0.177. The molecule has 0 radical (unpaired) electrons. The van der Waals surface area contributed by atoms with Gasteiger partial charge in [0, 0.05) is 19.2 Å². The SMILES string of the molecule is Cc1cc(C(F)(F)F)c(-c2ccc(C[C@H](NC(=O)c3c(Cl)cccc3Cl)C(=O)OCC(O)CO)cc2)c(=O)n1C. The highest BCUT2D eigenvalue weighted by atomic mass is 35.5. The molecule has 3 aromatic rings. The number of halogens is 5. The van der Waals surface area contributed by atoms with E-state index in [-0.39, 0.29) is 33.3 Å². The summed E-state index contributed by atoms with van der Waals surface area (Å²) in [5.74, 6) is -1.75. The molecule has 0 fully saturated rings. The molecule has 40 heavy (non-hydrogen) atoms. The minimum Gasteiger partial charge on any atom is -0.461 e. The van der Waals surface area contributed by atoms with Gasteiger partial charge in [-0.15, -0.1) is 0 Å². The van der Waals surface area contributed by atoms with Crippen LogP contribution in [0.15, 0.2) is 53.3 Å². The van der Waals surface area contributed by atoms with Crippen molar-refractivity contribution in [2.24, 2.45) is 7.05 Å². The highest BCUT2D eigenvalue weighted by molar-refractivity contribution is 6.39. The molecule has 1 aromatic heterocycles. The predicted octanol–water partition coefficient (Wildman–Crippen LogP) is 3.92. The average Bonchev–Trinajstić information content (AvgIpc) is 2.89. The number of alkyl halides is 3. The molecule has 2 atom stereocenters. The van der Waals surface area contributed by atoms with E-state index in [1.165, 1.54) is 56.4 Å². The first-order valence-electron chi connectivity index (χ1n) is 11.8. The maximum atomic E-state index is 13.7. The number of aliphatic hydroxyl groups is 2. The van der Waals surface area contributed by atoms with E-state index in [2.05, 4.69) is 5.32 Å². The van der Waals surface area contributed by atoms with Gasteiger partial charge in [-0.25, -0.2) is 4.79 Å². The Hall–Kier alpha value is -3.38. The van der Waals surface area contributed by atoms with E-state index in [1.54, 1.807) is 0 Å². The minimum atomic E-state index is -4.77. The minimum absolute atomic E-state index is 0.00811. The molecular formula is C27H25Cl2F3N2O6. The standard InChI is InChI=1S/C27H25Cl2F3N2O6/c1-14-10-18(27(30,31)32)22(25(38)34(14)2)16-8-6-15(7-9-16)11-21(26(39)40-13-17(36)12-35)33-24(37)23-19(28)4-3-5-20(23)29/h3-10,17,21,35-36H,11-13H2,1-2H3,(H,33,37)/t17?,21-/m0/s1. The molecule has 1 amide bonds. The predicted molar refractivity (Wildman–Crippen MR) is 142 cm³/mol. The number of carbonyl (C=O) groups is 2. The van der Waals surface area contributed by atoms with Crippen LogP contribution in [0.3, 0.4) is 0 Å². The first kappa shape index (κ1) is 31.2. The first-order chi connectivity index (χ1) is 18.7. The molecule has 214 valence electrons. The number of aryl methyl sites for hydroxylation is 1. The van der Waals surface area contributed by atoms with Crippen molar-refractivity contribution in [3.8, 4) is 11.1 Å². The zero-order chi connectivity index (χ0) is 29.8. The van der Waals surface area contributed by atoms with Crippen molar-refractivity contribution in [2.75, 3.05) is 13.2 Å². The Morgan fingerprint density at radius 1 is 1.10 bits per heavy atom. The number of nitrogens with zero attached hydrogens (tertiary/aromatic N) is 1. The Kier molecular flexibility index (Phi) is 10.0. The van der Waals surface area contributed by atoms with Crippen LogP contribution >= 0.6 is 23.2 Å². The second kappa shape index (κ2) is 12.9. The van der Waals surface area contributed by atoms with E-state index >= 15 is 0 Å². The molecule has 3 rings (SSSR count). The van der Waals surface area contributed by atoms with Crippen molar-refractivity contribution in [3.63, 3.8) is 0 Å². The quantitative estimate of drug-likeness (QED) is 0.320. The molecule has 0 saturated heterocycles. The smallest absolute Gasteiger partial charge is 0.417 e. The molecule has 0 saturated carbocycles. The Morgan fingerprint density at radius 3 is 2.25 bits per heavy atom. The summed E-state index contributed by atoms with van der Waals surface area (Å²) in [7, 11) is 1.37. The Labute approximate surface area is 236 Å². The topological polar surface area (TPSA) is 118 Å². The average molecular weight is 601 g/mol. The second-order valence-electron chi connectivity index (χ2n) is 8.93. The van der Waals surface area contributed by atoms with Gasteiger partial charge in [0.25, 0.3) is 11.5 Å². The highest BCUT2D eigenvalue weighted by Crippen LogP contribution is 2.36. The molecule has 0 spiro atoms. The largest absolute Gasteiger partial charge is 0.461 e. The summed E-state index contributed by atoms with van der Waals surface area (Å²) >= 11 is 12.2. The van der Waals surface area contributed by atoms with Crippen molar-refractivity contribution in [1.82, 2.24) is 9.88 Å². The highest BCUT2D eigenvalue weighted by Gasteiger charge is 2.36. The Balaban J connectivity index is 1.94. The fourth-order valence-electron chi connectivity index (χ4n) is 3.84. The van der Waals surface area contributed by atoms with E-state index in [9.17, 15) is 32.7 Å². The van der Waals surface area contributed by atoms with E-state index in [1.807, 2.05) is 0 Å². The van der Waals surface area contributed by atoms with Crippen LogP contribution in [0.25, 0.3) is 11.1 Å². The molecule has 0 aliphatic rings. The van der Waals surface area contributed by atoms with Crippen LogP contribution < -0.4 is 10.9 Å². The summed E-state index contributed by atoms with van der Waals surface area (Å²) in [4.78, 5) is 38.5. The lowest BCUT2D eigenvalue weighted by Gasteiger charge is -2.20. The van der Waals surface area contributed by atoms with Crippen molar-refractivity contribution in [3.05, 3.63) is 91.3 Å². The van der Waals surface area contributed by atoms with Gasteiger partial charge >= 0.3 is 12.1 Å². The monoisotopic (exact) mass is 600 g/mol. The lowest BCUT2D eigenvalue weighted by molar-refractivity contribution is -0.149. The zero-order valence-electron chi connectivity index (χ0n) is 21.3. The maximum Gasteiger partial charge on any atom is 0.417 e. The van der Waals surface area contributed by atoms with E-state index in [0.717, 1.165) is 10.6 Å². The molecular weight excluding hydrogens is 576 g/mol. The third kappa shape index (κ3) is 7.22. The van der Waals surface area contributed by atoms with Gasteiger partial charge in [-0.05, 0) is 36.2 Å². The maximum absolute atomic E-state index is 13.7. The lowest BCUT2D eigenvalue weighted by Crippen LogP contribution is -2.44. The van der Waals surface area contributed by atoms with Crippen LogP contribution in [0.1, 0.15) is 27.2 Å².